The number of Topliss-reactive ketones (excluding diaryl/α,β-unsaturated/α-hetero) is 1. The molecule has 2 aromatic rings. The summed E-state index contributed by atoms with van der Waals surface area (Å²) < 4.78 is 24.7. The minimum atomic E-state index is -1.24. The van der Waals surface area contributed by atoms with Gasteiger partial charge in [0.25, 0.3) is 0 Å². The zero-order valence-electron chi connectivity index (χ0n) is 10.5. The van der Waals surface area contributed by atoms with Crippen molar-refractivity contribution in [2.45, 2.75) is 11.3 Å². The van der Waals surface area contributed by atoms with E-state index in [1.165, 1.54) is 24.3 Å². The summed E-state index contributed by atoms with van der Waals surface area (Å²) in [6.45, 7) is 0. The third-order valence-electron chi connectivity index (χ3n) is 2.76. The number of hydrogen-bond acceptors (Lipinski definition) is 2. The van der Waals surface area contributed by atoms with E-state index in [2.05, 4.69) is 0 Å². The molecule has 0 aliphatic heterocycles. The SMILES string of the molecule is O=C(CCS(=O)c1ccc(Cl)cc1)c1ccc(F)cc1. The van der Waals surface area contributed by atoms with Crippen LogP contribution in [0, 0.1) is 5.82 Å². The van der Waals surface area contributed by atoms with Crippen molar-refractivity contribution in [1.29, 1.82) is 0 Å². The maximum absolute atomic E-state index is 12.7. The molecule has 0 aliphatic carbocycles. The molecule has 0 N–H and O–H groups in total. The number of ketones is 1. The first-order chi connectivity index (χ1) is 9.56. The van der Waals surface area contributed by atoms with Crippen molar-refractivity contribution in [3.8, 4) is 0 Å². The molecule has 104 valence electrons. The molecule has 0 radical (unpaired) electrons. The Morgan fingerprint density at radius 3 is 2.25 bits per heavy atom. The highest BCUT2D eigenvalue weighted by atomic mass is 35.5. The smallest absolute Gasteiger partial charge is 0.163 e. The number of rotatable bonds is 5. The summed E-state index contributed by atoms with van der Waals surface area (Å²) >= 11 is 5.75. The molecule has 0 aliphatic rings. The van der Waals surface area contributed by atoms with Gasteiger partial charge in [0, 0.05) is 27.7 Å². The van der Waals surface area contributed by atoms with E-state index >= 15 is 0 Å². The molecule has 1 unspecified atom stereocenters. The van der Waals surface area contributed by atoms with Crippen LogP contribution in [0.1, 0.15) is 16.8 Å². The highest BCUT2D eigenvalue weighted by Gasteiger charge is 2.10. The number of carbonyl (C=O) groups excluding carboxylic acids is 1. The Kier molecular flexibility index (Phi) is 5.04. The summed E-state index contributed by atoms with van der Waals surface area (Å²) in [4.78, 5) is 12.5. The maximum atomic E-state index is 12.7. The summed E-state index contributed by atoms with van der Waals surface area (Å²) in [6.07, 6.45) is 0.154. The Morgan fingerprint density at radius 1 is 1.05 bits per heavy atom. The van der Waals surface area contributed by atoms with E-state index in [1.807, 2.05) is 0 Å². The van der Waals surface area contributed by atoms with Crippen LogP contribution in [0.2, 0.25) is 5.02 Å². The van der Waals surface area contributed by atoms with Gasteiger partial charge in [0.1, 0.15) is 5.82 Å². The Labute approximate surface area is 124 Å². The van der Waals surface area contributed by atoms with Gasteiger partial charge in [0.05, 0.1) is 10.8 Å². The summed E-state index contributed by atoms with van der Waals surface area (Å²) in [6, 6.07) is 12.0. The van der Waals surface area contributed by atoms with Gasteiger partial charge in [-0.1, -0.05) is 11.6 Å². The second kappa shape index (κ2) is 6.77. The molecule has 20 heavy (non-hydrogen) atoms. The molecule has 0 heterocycles. The van der Waals surface area contributed by atoms with Gasteiger partial charge in [-0.2, -0.15) is 0 Å². The Balaban J connectivity index is 1.94. The van der Waals surface area contributed by atoms with Crippen LogP contribution in [-0.4, -0.2) is 15.7 Å². The molecular weight excluding hydrogens is 299 g/mol. The third-order valence-corrected chi connectivity index (χ3v) is 4.38. The van der Waals surface area contributed by atoms with Gasteiger partial charge in [-0.3, -0.25) is 9.00 Å². The van der Waals surface area contributed by atoms with Gasteiger partial charge in [0.2, 0.25) is 0 Å². The van der Waals surface area contributed by atoms with Crippen molar-refractivity contribution < 1.29 is 13.4 Å². The average Bonchev–Trinajstić information content (AvgIpc) is 2.46. The normalized spacial score (nSPS) is 12.1. The van der Waals surface area contributed by atoms with Crippen LogP contribution in [0.3, 0.4) is 0 Å². The number of benzene rings is 2. The molecule has 0 fully saturated rings. The predicted molar refractivity (Wildman–Crippen MR) is 78.1 cm³/mol. The molecule has 2 aromatic carbocycles. The van der Waals surface area contributed by atoms with Gasteiger partial charge in [-0.15, -0.1) is 0 Å². The van der Waals surface area contributed by atoms with Crippen molar-refractivity contribution in [2.75, 3.05) is 5.75 Å². The number of carbonyl (C=O) groups is 1. The van der Waals surface area contributed by atoms with Crippen LogP contribution in [0.5, 0.6) is 0 Å². The lowest BCUT2D eigenvalue weighted by molar-refractivity contribution is 0.0989. The molecule has 2 rings (SSSR count). The molecule has 0 saturated heterocycles. The van der Waals surface area contributed by atoms with Crippen molar-refractivity contribution in [3.63, 3.8) is 0 Å². The monoisotopic (exact) mass is 310 g/mol. The van der Waals surface area contributed by atoms with Crippen molar-refractivity contribution in [2.24, 2.45) is 0 Å². The van der Waals surface area contributed by atoms with E-state index in [0.29, 0.717) is 15.5 Å². The van der Waals surface area contributed by atoms with Crippen molar-refractivity contribution >= 4 is 28.2 Å². The zero-order chi connectivity index (χ0) is 14.5. The zero-order valence-corrected chi connectivity index (χ0v) is 12.1. The fourth-order valence-electron chi connectivity index (χ4n) is 1.67. The average molecular weight is 311 g/mol. The quantitative estimate of drug-likeness (QED) is 0.786. The third kappa shape index (κ3) is 3.99. The summed E-state index contributed by atoms with van der Waals surface area (Å²) in [5, 5.41) is 0.577. The molecule has 0 bridgehead atoms. The number of hydrogen-bond donors (Lipinski definition) is 0. The molecule has 0 saturated carbocycles. The molecule has 5 heteroatoms. The Bertz CT molecular complexity index is 566. The number of halogens is 2. The predicted octanol–water partition coefficient (Wildman–Crippen LogP) is 3.86. The fraction of sp³-hybridized carbons (Fsp3) is 0.133. The van der Waals surface area contributed by atoms with Crippen LogP contribution >= 0.6 is 11.6 Å². The minimum absolute atomic E-state index is 0.146. The van der Waals surface area contributed by atoms with Gasteiger partial charge in [0.15, 0.2) is 5.78 Å². The van der Waals surface area contributed by atoms with E-state index in [4.69, 9.17) is 11.6 Å². The molecule has 0 amide bonds. The van der Waals surface area contributed by atoms with Crippen LogP contribution in [0.15, 0.2) is 53.4 Å². The van der Waals surface area contributed by atoms with Crippen LogP contribution in [0.25, 0.3) is 0 Å². The lowest BCUT2D eigenvalue weighted by Crippen LogP contribution is -2.06. The van der Waals surface area contributed by atoms with Crippen molar-refractivity contribution in [3.05, 3.63) is 64.9 Å². The van der Waals surface area contributed by atoms with E-state index < -0.39 is 10.8 Å². The van der Waals surface area contributed by atoms with Gasteiger partial charge in [-0.25, -0.2) is 4.39 Å². The highest BCUT2D eigenvalue weighted by Crippen LogP contribution is 2.14. The molecule has 0 aromatic heterocycles. The first-order valence-corrected chi connectivity index (χ1v) is 7.68. The summed E-state index contributed by atoms with van der Waals surface area (Å²) in [5.74, 6) is -0.295. The van der Waals surface area contributed by atoms with E-state index in [-0.39, 0.29) is 23.8 Å². The maximum Gasteiger partial charge on any atom is 0.163 e. The molecule has 2 nitrogen and oxygen atoms in total. The fourth-order valence-corrected chi connectivity index (χ4v) is 2.84. The first kappa shape index (κ1) is 14.9. The minimum Gasteiger partial charge on any atom is -0.294 e. The first-order valence-electron chi connectivity index (χ1n) is 5.99. The van der Waals surface area contributed by atoms with E-state index in [0.717, 1.165) is 0 Å². The lowest BCUT2D eigenvalue weighted by Gasteiger charge is -2.03. The summed E-state index contributed by atoms with van der Waals surface area (Å²) in [5.41, 5.74) is 0.430. The topological polar surface area (TPSA) is 34.1 Å². The summed E-state index contributed by atoms with van der Waals surface area (Å²) in [7, 11) is -1.24. The van der Waals surface area contributed by atoms with Crippen molar-refractivity contribution in [1.82, 2.24) is 0 Å². The van der Waals surface area contributed by atoms with Gasteiger partial charge in [-0.05, 0) is 48.5 Å². The Hall–Kier alpha value is -1.52. The molecule has 0 spiro atoms. The Morgan fingerprint density at radius 2 is 1.65 bits per heavy atom. The van der Waals surface area contributed by atoms with E-state index in [9.17, 15) is 13.4 Å². The second-order valence-corrected chi connectivity index (χ2v) is 6.19. The largest absolute Gasteiger partial charge is 0.294 e. The van der Waals surface area contributed by atoms with Crippen LogP contribution < -0.4 is 0 Å². The van der Waals surface area contributed by atoms with Crippen LogP contribution in [0.4, 0.5) is 4.39 Å². The second-order valence-electron chi connectivity index (χ2n) is 4.18. The molecule has 1 atom stereocenters. The van der Waals surface area contributed by atoms with Crippen LogP contribution in [-0.2, 0) is 10.8 Å². The standard InChI is InChI=1S/C15H12ClFO2S/c16-12-3-7-14(8-4-12)20(19)10-9-15(18)11-1-5-13(17)6-2-11/h1-8H,9-10H2. The lowest BCUT2D eigenvalue weighted by atomic mass is 10.1. The van der Waals surface area contributed by atoms with E-state index in [1.54, 1.807) is 24.3 Å². The van der Waals surface area contributed by atoms with Gasteiger partial charge < -0.3 is 0 Å². The van der Waals surface area contributed by atoms with Gasteiger partial charge >= 0.3 is 0 Å². The molecular formula is C15H12ClFO2S. The highest BCUT2D eigenvalue weighted by molar-refractivity contribution is 7.85.